The number of pyridine rings is 1. The Morgan fingerprint density at radius 3 is 2.66 bits per heavy atom. The van der Waals surface area contributed by atoms with Crippen molar-refractivity contribution >= 4 is 41.7 Å². The molecular weight excluding hydrogens is 497 g/mol. The van der Waals surface area contributed by atoms with Crippen LogP contribution in [0.15, 0.2) is 34.5 Å². The zero-order valence-corrected chi connectivity index (χ0v) is 20.5. The van der Waals surface area contributed by atoms with Crippen LogP contribution in [0.1, 0.15) is 49.7 Å². The van der Waals surface area contributed by atoms with Gasteiger partial charge in [-0.25, -0.2) is 0 Å². The highest BCUT2D eigenvalue weighted by atomic mass is 127. The van der Waals surface area contributed by atoms with Crippen molar-refractivity contribution in [1.82, 2.24) is 30.4 Å². The molecule has 2 heterocycles. The molecule has 0 amide bonds. The molecule has 0 aromatic carbocycles. The molecule has 3 rings (SSSR count). The number of thioether (sulfide) groups is 1. The lowest BCUT2D eigenvalue weighted by Crippen LogP contribution is -2.39. The maximum Gasteiger partial charge on any atom is 0.191 e. The van der Waals surface area contributed by atoms with E-state index < -0.39 is 0 Å². The molecule has 160 valence electrons. The predicted octanol–water partition coefficient (Wildman–Crippen LogP) is 3.47. The quantitative estimate of drug-likeness (QED) is 0.170. The zero-order chi connectivity index (χ0) is 19.6. The van der Waals surface area contributed by atoms with Crippen LogP contribution in [0.2, 0.25) is 0 Å². The minimum absolute atomic E-state index is 0. The summed E-state index contributed by atoms with van der Waals surface area (Å²) in [6.07, 6.45) is 11.9. The fraction of sp³-hybridized carbons (Fsp3) is 0.600. The molecule has 2 aromatic rings. The summed E-state index contributed by atoms with van der Waals surface area (Å²) in [5.74, 6) is 1.95. The molecule has 0 aliphatic heterocycles. The molecule has 2 aromatic heterocycles. The lowest BCUT2D eigenvalue weighted by Gasteiger charge is -2.16. The van der Waals surface area contributed by atoms with Gasteiger partial charge in [-0.05, 0) is 37.7 Å². The molecule has 0 saturated heterocycles. The van der Waals surface area contributed by atoms with Crippen molar-refractivity contribution in [3.8, 4) is 0 Å². The lowest BCUT2D eigenvalue weighted by atomic mass is 10.2. The number of aromatic nitrogens is 4. The monoisotopic (exact) mass is 529 g/mol. The molecule has 1 aliphatic rings. The molecule has 2 N–H and O–H groups in total. The van der Waals surface area contributed by atoms with Crippen LogP contribution in [0, 0.1) is 0 Å². The summed E-state index contributed by atoms with van der Waals surface area (Å²) in [5.41, 5.74) is 1.08. The SMILES string of the molecule is CN=C(NCCCc1nnc(SC)n1C1CCCC1)NCCc1ccccn1.I. The van der Waals surface area contributed by atoms with Crippen molar-refractivity contribution in [3.05, 3.63) is 35.9 Å². The summed E-state index contributed by atoms with van der Waals surface area (Å²) in [5, 5.41) is 16.7. The zero-order valence-electron chi connectivity index (χ0n) is 17.3. The van der Waals surface area contributed by atoms with E-state index in [1.807, 2.05) is 24.4 Å². The van der Waals surface area contributed by atoms with Crippen LogP contribution < -0.4 is 10.6 Å². The van der Waals surface area contributed by atoms with Crippen LogP contribution in [0.3, 0.4) is 0 Å². The van der Waals surface area contributed by atoms with Gasteiger partial charge in [0.15, 0.2) is 11.1 Å². The highest BCUT2D eigenvalue weighted by Crippen LogP contribution is 2.33. The third-order valence-corrected chi connectivity index (χ3v) is 5.74. The maximum atomic E-state index is 4.46. The Hall–Kier alpha value is -1.36. The van der Waals surface area contributed by atoms with E-state index in [4.69, 9.17) is 0 Å². The van der Waals surface area contributed by atoms with Crippen LogP contribution in [0.5, 0.6) is 0 Å². The molecule has 0 spiro atoms. The van der Waals surface area contributed by atoms with Gasteiger partial charge < -0.3 is 15.2 Å². The molecule has 0 radical (unpaired) electrons. The van der Waals surface area contributed by atoms with Crippen molar-refractivity contribution in [1.29, 1.82) is 0 Å². The average molecular weight is 529 g/mol. The van der Waals surface area contributed by atoms with Crippen molar-refractivity contribution in [2.24, 2.45) is 4.99 Å². The van der Waals surface area contributed by atoms with Gasteiger partial charge in [-0.1, -0.05) is 30.7 Å². The van der Waals surface area contributed by atoms with E-state index >= 15 is 0 Å². The topological polar surface area (TPSA) is 80.0 Å². The largest absolute Gasteiger partial charge is 0.356 e. The van der Waals surface area contributed by atoms with E-state index in [0.717, 1.165) is 55.0 Å². The first-order chi connectivity index (χ1) is 13.8. The molecule has 9 heteroatoms. The molecule has 0 unspecified atom stereocenters. The number of aryl methyl sites for hydroxylation is 1. The van der Waals surface area contributed by atoms with Gasteiger partial charge in [-0.15, -0.1) is 34.2 Å². The van der Waals surface area contributed by atoms with Gasteiger partial charge in [0.1, 0.15) is 5.82 Å². The minimum Gasteiger partial charge on any atom is -0.356 e. The number of nitrogens with one attached hydrogen (secondary N) is 2. The van der Waals surface area contributed by atoms with E-state index in [0.29, 0.717) is 6.04 Å². The molecule has 0 bridgehead atoms. The summed E-state index contributed by atoms with van der Waals surface area (Å²) in [6.45, 7) is 1.67. The second-order valence-corrected chi connectivity index (χ2v) is 7.79. The fourth-order valence-electron chi connectivity index (χ4n) is 3.68. The Labute approximate surface area is 195 Å². The van der Waals surface area contributed by atoms with Crippen molar-refractivity contribution in [3.63, 3.8) is 0 Å². The highest BCUT2D eigenvalue weighted by molar-refractivity contribution is 14.0. The van der Waals surface area contributed by atoms with Gasteiger partial charge >= 0.3 is 0 Å². The van der Waals surface area contributed by atoms with Gasteiger partial charge in [0, 0.05) is 50.9 Å². The third kappa shape index (κ3) is 7.13. The van der Waals surface area contributed by atoms with Gasteiger partial charge in [0.2, 0.25) is 0 Å². The van der Waals surface area contributed by atoms with Gasteiger partial charge in [0.25, 0.3) is 0 Å². The summed E-state index contributed by atoms with van der Waals surface area (Å²) in [4.78, 5) is 8.64. The minimum atomic E-state index is 0. The Bertz CT molecular complexity index is 745. The Morgan fingerprint density at radius 2 is 1.97 bits per heavy atom. The number of hydrogen-bond donors (Lipinski definition) is 2. The number of halogens is 1. The molecule has 7 nitrogen and oxygen atoms in total. The molecule has 1 fully saturated rings. The summed E-state index contributed by atoms with van der Waals surface area (Å²) in [6, 6.07) is 6.58. The van der Waals surface area contributed by atoms with Crippen molar-refractivity contribution < 1.29 is 0 Å². The first kappa shape index (κ1) is 23.9. The van der Waals surface area contributed by atoms with E-state index in [1.165, 1.54) is 25.7 Å². The number of aliphatic imine (C=N–C) groups is 1. The Kier molecular flexibility index (Phi) is 10.8. The second-order valence-electron chi connectivity index (χ2n) is 7.01. The summed E-state index contributed by atoms with van der Waals surface area (Å²) >= 11 is 1.70. The van der Waals surface area contributed by atoms with Crippen LogP contribution >= 0.6 is 35.7 Å². The molecule has 1 aliphatic carbocycles. The van der Waals surface area contributed by atoms with Gasteiger partial charge in [-0.2, -0.15) is 0 Å². The van der Waals surface area contributed by atoms with Crippen molar-refractivity contribution in [2.45, 2.75) is 56.1 Å². The number of hydrogen-bond acceptors (Lipinski definition) is 5. The normalized spacial score (nSPS) is 14.6. The number of guanidine groups is 1. The third-order valence-electron chi connectivity index (χ3n) is 5.10. The number of rotatable bonds is 9. The van der Waals surface area contributed by atoms with E-state index in [2.05, 4.69) is 41.6 Å². The van der Waals surface area contributed by atoms with Crippen LogP contribution in [-0.2, 0) is 12.8 Å². The Balaban J connectivity index is 0.00000300. The fourth-order valence-corrected chi connectivity index (χ4v) is 4.25. The first-order valence-corrected chi connectivity index (χ1v) is 11.4. The first-order valence-electron chi connectivity index (χ1n) is 10.1. The summed E-state index contributed by atoms with van der Waals surface area (Å²) in [7, 11) is 1.80. The lowest BCUT2D eigenvalue weighted by molar-refractivity contribution is 0.460. The van der Waals surface area contributed by atoms with Crippen LogP contribution in [-0.4, -0.2) is 52.1 Å². The number of nitrogens with zero attached hydrogens (tertiary/aromatic N) is 5. The molecule has 1 saturated carbocycles. The van der Waals surface area contributed by atoms with Crippen molar-refractivity contribution in [2.75, 3.05) is 26.4 Å². The van der Waals surface area contributed by atoms with Gasteiger partial charge in [-0.3, -0.25) is 9.98 Å². The highest BCUT2D eigenvalue weighted by Gasteiger charge is 2.23. The van der Waals surface area contributed by atoms with Crippen LogP contribution in [0.25, 0.3) is 0 Å². The average Bonchev–Trinajstić information content (AvgIpc) is 3.39. The van der Waals surface area contributed by atoms with E-state index in [1.54, 1.807) is 18.8 Å². The Morgan fingerprint density at radius 1 is 1.17 bits per heavy atom. The standard InChI is InChI=1S/C20H31N7S.HI/c1-21-19(24-15-12-16-8-5-6-13-22-16)23-14-7-11-18-25-26-20(28-2)27(18)17-9-3-4-10-17;/h5-6,8,13,17H,3-4,7,9-12,14-15H2,1-2H3,(H2,21,23,24);1H. The predicted molar refractivity (Wildman–Crippen MR) is 130 cm³/mol. The van der Waals surface area contributed by atoms with Crippen LogP contribution in [0.4, 0.5) is 0 Å². The molecule has 0 atom stereocenters. The second kappa shape index (κ2) is 13.0. The maximum absolute atomic E-state index is 4.46. The molecular formula is C20H32IN7S. The summed E-state index contributed by atoms with van der Waals surface area (Å²) < 4.78 is 2.39. The van der Waals surface area contributed by atoms with Gasteiger partial charge in [0.05, 0.1) is 0 Å². The smallest absolute Gasteiger partial charge is 0.191 e. The van der Waals surface area contributed by atoms with E-state index in [9.17, 15) is 0 Å². The van der Waals surface area contributed by atoms with E-state index in [-0.39, 0.29) is 24.0 Å². The molecule has 29 heavy (non-hydrogen) atoms.